The molecule has 0 bridgehead atoms. The van der Waals surface area contributed by atoms with Crippen molar-refractivity contribution >= 4 is 5.97 Å². The lowest BCUT2D eigenvalue weighted by molar-refractivity contribution is 0.0312. The van der Waals surface area contributed by atoms with Gasteiger partial charge >= 0.3 is 5.97 Å². The Hall–Kier alpha value is -1.35. The van der Waals surface area contributed by atoms with Gasteiger partial charge in [-0.3, -0.25) is 0 Å². The molecule has 24 heavy (non-hydrogen) atoms. The second-order valence-electron chi connectivity index (χ2n) is 6.32. The van der Waals surface area contributed by atoms with Gasteiger partial charge in [0.2, 0.25) is 0 Å². The normalized spacial score (nSPS) is 10.8. The van der Waals surface area contributed by atoms with Crippen LogP contribution in [0.5, 0.6) is 0 Å². The number of hydrogen-bond acceptors (Lipinski definition) is 3. The summed E-state index contributed by atoms with van der Waals surface area (Å²) in [7, 11) is 0. The van der Waals surface area contributed by atoms with Crippen molar-refractivity contribution in [3.05, 3.63) is 35.4 Å². The Bertz CT molecular complexity index is 425. The number of carbonyl (C=O) groups is 1. The van der Waals surface area contributed by atoms with Crippen molar-refractivity contribution in [3.63, 3.8) is 0 Å². The molecule has 3 nitrogen and oxygen atoms in total. The average molecular weight is 335 g/mol. The summed E-state index contributed by atoms with van der Waals surface area (Å²) in [5.74, 6) is -0.264. The molecule has 0 aliphatic rings. The number of unbranched alkanes of at least 4 members (excludes halogenated alkanes) is 6. The maximum absolute atomic E-state index is 11.9. The van der Waals surface area contributed by atoms with Crippen LogP contribution in [0, 0.1) is 0 Å². The molecule has 0 saturated heterocycles. The number of hydrogen-bond donors (Lipinski definition) is 0. The zero-order valence-corrected chi connectivity index (χ0v) is 15.5. The first-order valence-corrected chi connectivity index (χ1v) is 9.61. The SMILES string of the molecule is CCCCCCCCOCCOC(=O)c1ccc(CCCC)cc1. The Morgan fingerprint density at radius 1 is 0.792 bits per heavy atom. The molecule has 0 amide bonds. The van der Waals surface area contributed by atoms with Crippen molar-refractivity contribution in [2.24, 2.45) is 0 Å². The molecule has 0 radical (unpaired) electrons. The standard InChI is InChI=1S/C21H34O3/c1-3-5-7-8-9-10-16-23-17-18-24-21(22)20-14-12-19(13-15-20)11-6-4-2/h12-15H,3-11,16-18H2,1-2H3. The van der Waals surface area contributed by atoms with E-state index in [-0.39, 0.29) is 5.97 Å². The lowest BCUT2D eigenvalue weighted by atomic mass is 10.1. The van der Waals surface area contributed by atoms with E-state index >= 15 is 0 Å². The summed E-state index contributed by atoms with van der Waals surface area (Å²) in [5, 5.41) is 0. The van der Waals surface area contributed by atoms with Gasteiger partial charge in [-0.05, 0) is 37.0 Å². The smallest absolute Gasteiger partial charge is 0.338 e. The fourth-order valence-corrected chi connectivity index (χ4v) is 2.55. The Morgan fingerprint density at radius 2 is 1.46 bits per heavy atom. The maximum Gasteiger partial charge on any atom is 0.338 e. The van der Waals surface area contributed by atoms with Crippen molar-refractivity contribution in [1.82, 2.24) is 0 Å². The van der Waals surface area contributed by atoms with Gasteiger partial charge < -0.3 is 9.47 Å². The summed E-state index contributed by atoms with van der Waals surface area (Å²) in [6, 6.07) is 7.73. The van der Waals surface area contributed by atoms with Crippen LogP contribution in [0.15, 0.2) is 24.3 Å². The first-order valence-electron chi connectivity index (χ1n) is 9.61. The van der Waals surface area contributed by atoms with Crippen molar-refractivity contribution in [2.45, 2.75) is 71.6 Å². The Kier molecular flexibility index (Phi) is 12.1. The van der Waals surface area contributed by atoms with Crippen molar-refractivity contribution < 1.29 is 14.3 Å². The Labute approximate surface area is 147 Å². The van der Waals surface area contributed by atoms with E-state index in [1.54, 1.807) is 0 Å². The van der Waals surface area contributed by atoms with Crippen LogP contribution in [-0.4, -0.2) is 25.8 Å². The highest BCUT2D eigenvalue weighted by Gasteiger charge is 2.06. The molecular formula is C21H34O3. The van der Waals surface area contributed by atoms with Crippen molar-refractivity contribution in [3.8, 4) is 0 Å². The monoisotopic (exact) mass is 334 g/mol. The largest absolute Gasteiger partial charge is 0.460 e. The Morgan fingerprint density at radius 3 is 2.17 bits per heavy atom. The molecule has 0 fully saturated rings. The zero-order chi connectivity index (χ0) is 17.5. The first kappa shape index (κ1) is 20.7. The fraction of sp³-hybridized carbons (Fsp3) is 0.667. The molecule has 1 aromatic rings. The van der Waals surface area contributed by atoms with Crippen LogP contribution in [0.2, 0.25) is 0 Å². The highest BCUT2D eigenvalue weighted by molar-refractivity contribution is 5.89. The van der Waals surface area contributed by atoms with Gasteiger partial charge in [-0.25, -0.2) is 4.79 Å². The summed E-state index contributed by atoms with van der Waals surface area (Å²) < 4.78 is 10.8. The van der Waals surface area contributed by atoms with Gasteiger partial charge in [0.05, 0.1) is 12.2 Å². The highest BCUT2D eigenvalue weighted by atomic mass is 16.6. The maximum atomic E-state index is 11.9. The van der Waals surface area contributed by atoms with Crippen molar-refractivity contribution in [1.29, 1.82) is 0 Å². The second kappa shape index (κ2) is 14.0. The zero-order valence-electron chi connectivity index (χ0n) is 15.5. The predicted octanol–water partition coefficient (Wildman–Crippen LogP) is 5.56. The first-order chi connectivity index (χ1) is 11.8. The molecule has 0 atom stereocenters. The van der Waals surface area contributed by atoms with Crippen LogP contribution in [0.1, 0.15) is 81.1 Å². The molecule has 0 N–H and O–H groups in total. The third-order valence-corrected chi connectivity index (χ3v) is 4.11. The summed E-state index contributed by atoms with van der Waals surface area (Å²) in [5.41, 5.74) is 1.89. The quantitative estimate of drug-likeness (QED) is 0.330. The topological polar surface area (TPSA) is 35.5 Å². The van der Waals surface area contributed by atoms with Gasteiger partial charge in [0.25, 0.3) is 0 Å². The van der Waals surface area contributed by atoms with Crippen LogP contribution in [0.25, 0.3) is 0 Å². The molecule has 3 heteroatoms. The van der Waals surface area contributed by atoms with Crippen LogP contribution in [0.4, 0.5) is 0 Å². The molecule has 0 aromatic heterocycles. The van der Waals surface area contributed by atoms with Crippen LogP contribution in [-0.2, 0) is 15.9 Å². The molecule has 0 heterocycles. The van der Waals surface area contributed by atoms with E-state index in [9.17, 15) is 4.79 Å². The molecule has 0 aliphatic carbocycles. The molecule has 0 aliphatic heterocycles. The minimum Gasteiger partial charge on any atom is -0.460 e. The Balaban J connectivity index is 2.05. The van der Waals surface area contributed by atoms with E-state index in [1.165, 1.54) is 50.5 Å². The summed E-state index contributed by atoms with van der Waals surface area (Å²) in [4.78, 5) is 11.9. The minimum absolute atomic E-state index is 0.264. The molecule has 1 aromatic carbocycles. The highest BCUT2D eigenvalue weighted by Crippen LogP contribution is 2.09. The number of esters is 1. The van der Waals surface area contributed by atoms with E-state index in [0.717, 1.165) is 19.4 Å². The summed E-state index contributed by atoms with van der Waals surface area (Å²) in [6.07, 6.45) is 11.0. The number of rotatable bonds is 14. The molecule has 136 valence electrons. The minimum atomic E-state index is -0.264. The van der Waals surface area contributed by atoms with Gasteiger partial charge in [0.1, 0.15) is 6.61 Å². The number of ether oxygens (including phenoxy) is 2. The summed E-state index contributed by atoms with van der Waals surface area (Å²) in [6.45, 7) is 5.98. The van der Waals surface area contributed by atoms with Gasteiger partial charge in [-0.1, -0.05) is 64.5 Å². The van der Waals surface area contributed by atoms with E-state index in [4.69, 9.17) is 9.47 Å². The van der Waals surface area contributed by atoms with Gasteiger partial charge in [0, 0.05) is 6.61 Å². The van der Waals surface area contributed by atoms with Gasteiger partial charge in [0.15, 0.2) is 0 Å². The van der Waals surface area contributed by atoms with Crippen LogP contribution < -0.4 is 0 Å². The van der Waals surface area contributed by atoms with Crippen LogP contribution >= 0.6 is 0 Å². The third-order valence-electron chi connectivity index (χ3n) is 4.11. The van der Waals surface area contributed by atoms with Gasteiger partial charge in [-0.2, -0.15) is 0 Å². The van der Waals surface area contributed by atoms with E-state index in [2.05, 4.69) is 13.8 Å². The second-order valence-corrected chi connectivity index (χ2v) is 6.32. The fourth-order valence-electron chi connectivity index (χ4n) is 2.55. The molecule has 0 saturated carbocycles. The number of aryl methyl sites for hydroxylation is 1. The van der Waals surface area contributed by atoms with Crippen LogP contribution in [0.3, 0.4) is 0 Å². The molecule has 1 rings (SSSR count). The van der Waals surface area contributed by atoms with E-state index in [0.29, 0.717) is 18.8 Å². The lowest BCUT2D eigenvalue weighted by Gasteiger charge is -2.07. The molecule has 0 spiro atoms. The lowest BCUT2D eigenvalue weighted by Crippen LogP contribution is -2.11. The average Bonchev–Trinajstić information content (AvgIpc) is 2.61. The summed E-state index contributed by atoms with van der Waals surface area (Å²) >= 11 is 0. The van der Waals surface area contributed by atoms with E-state index < -0.39 is 0 Å². The predicted molar refractivity (Wildman–Crippen MR) is 99.5 cm³/mol. The number of carbonyl (C=O) groups excluding carboxylic acids is 1. The van der Waals surface area contributed by atoms with Gasteiger partial charge in [-0.15, -0.1) is 0 Å². The van der Waals surface area contributed by atoms with Crippen molar-refractivity contribution in [2.75, 3.05) is 19.8 Å². The number of benzene rings is 1. The third kappa shape index (κ3) is 9.71. The molecule has 0 unspecified atom stereocenters. The van der Waals surface area contributed by atoms with E-state index in [1.807, 2.05) is 24.3 Å². The molecular weight excluding hydrogens is 300 g/mol.